The van der Waals surface area contributed by atoms with Crippen molar-refractivity contribution in [1.82, 2.24) is 0 Å². The van der Waals surface area contributed by atoms with Crippen molar-refractivity contribution in [3.63, 3.8) is 0 Å². The lowest BCUT2D eigenvalue weighted by Crippen LogP contribution is -2.39. The predicted octanol–water partition coefficient (Wildman–Crippen LogP) is 5.71. The van der Waals surface area contributed by atoms with Crippen molar-refractivity contribution in [1.29, 1.82) is 0 Å². The highest BCUT2D eigenvalue weighted by Crippen LogP contribution is 2.58. The van der Waals surface area contributed by atoms with Crippen LogP contribution in [0.1, 0.15) is 40.5 Å². The Hall–Kier alpha value is -1.73. The van der Waals surface area contributed by atoms with Gasteiger partial charge in [0.05, 0.1) is 12.3 Å². The second-order valence-corrected chi connectivity index (χ2v) is 15.9. The Morgan fingerprint density at radius 1 is 0.781 bits per heavy atom. The van der Waals surface area contributed by atoms with Gasteiger partial charge in [-0.2, -0.15) is 0 Å². The van der Waals surface area contributed by atoms with Crippen molar-refractivity contribution in [2.24, 2.45) is 11.3 Å². The summed E-state index contributed by atoms with van der Waals surface area (Å²) in [7, 11) is -2.44. The molecule has 3 heteroatoms. The minimum Gasteiger partial charge on any atom is -0.417 e. The lowest BCUT2D eigenvalue weighted by Gasteiger charge is -2.33. The SMILES string of the molecule is CC([SiH2]O[C@H](C[P+](c1ccccc1)(c1ccccc1)c1ccccc1)C1CC1)C(C)(C)C. The van der Waals surface area contributed by atoms with Gasteiger partial charge in [0.1, 0.15) is 23.2 Å². The van der Waals surface area contributed by atoms with Gasteiger partial charge < -0.3 is 4.43 Å². The van der Waals surface area contributed by atoms with Crippen LogP contribution in [0.3, 0.4) is 0 Å². The molecule has 3 aromatic carbocycles. The van der Waals surface area contributed by atoms with Crippen molar-refractivity contribution < 1.29 is 4.43 Å². The molecule has 0 heterocycles. The van der Waals surface area contributed by atoms with Crippen molar-refractivity contribution in [2.45, 2.75) is 52.2 Å². The molecule has 0 N–H and O–H groups in total. The van der Waals surface area contributed by atoms with Crippen LogP contribution in [0.15, 0.2) is 91.0 Å². The Morgan fingerprint density at radius 2 is 1.19 bits per heavy atom. The zero-order valence-corrected chi connectivity index (χ0v) is 22.4. The molecule has 1 saturated carbocycles. The summed E-state index contributed by atoms with van der Waals surface area (Å²) < 4.78 is 6.94. The van der Waals surface area contributed by atoms with Crippen LogP contribution in [-0.4, -0.2) is 22.0 Å². The summed E-state index contributed by atoms with van der Waals surface area (Å²) in [6.07, 6.45) is 4.11. The smallest absolute Gasteiger partial charge is 0.165 e. The fraction of sp³-hybridized carbons (Fsp3) is 0.379. The molecule has 0 bridgehead atoms. The van der Waals surface area contributed by atoms with Gasteiger partial charge in [-0.25, -0.2) is 0 Å². The first-order valence-corrected chi connectivity index (χ1v) is 15.4. The minimum atomic E-state index is -1.83. The molecule has 32 heavy (non-hydrogen) atoms. The van der Waals surface area contributed by atoms with Crippen LogP contribution in [0.25, 0.3) is 0 Å². The fourth-order valence-corrected chi connectivity index (χ4v) is 10.5. The molecule has 4 rings (SSSR count). The van der Waals surface area contributed by atoms with E-state index in [0.29, 0.717) is 17.1 Å². The van der Waals surface area contributed by atoms with Crippen LogP contribution in [0.2, 0.25) is 5.54 Å². The topological polar surface area (TPSA) is 9.23 Å². The predicted molar refractivity (Wildman–Crippen MR) is 145 cm³/mol. The average Bonchev–Trinajstić information content (AvgIpc) is 3.66. The lowest BCUT2D eigenvalue weighted by atomic mass is 9.93. The molecule has 168 valence electrons. The van der Waals surface area contributed by atoms with Gasteiger partial charge >= 0.3 is 0 Å². The Balaban J connectivity index is 1.78. The second-order valence-electron chi connectivity index (χ2n) is 10.5. The number of hydrogen-bond donors (Lipinski definition) is 0. The highest BCUT2D eigenvalue weighted by atomic mass is 31.2. The summed E-state index contributed by atoms with van der Waals surface area (Å²) in [6.45, 7) is 9.46. The van der Waals surface area contributed by atoms with Crippen molar-refractivity contribution in [3.8, 4) is 0 Å². The van der Waals surface area contributed by atoms with Crippen LogP contribution in [-0.2, 0) is 4.43 Å². The van der Waals surface area contributed by atoms with Gasteiger partial charge in [-0.05, 0) is 66.1 Å². The summed E-state index contributed by atoms with van der Waals surface area (Å²) in [4.78, 5) is 0. The van der Waals surface area contributed by atoms with Crippen LogP contribution in [0.5, 0.6) is 0 Å². The maximum Gasteiger partial charge on any atom is 0.165 e. The lowest BCUT2D eigenvalue weighted by molar-refractivity contribution is 0.199. The van der Waals surface area contributed by atoms with E-state index >= 15 is 0 Å². The van der Waals surface area contributed by atoms with E-state index in [2.05, 4.69) is 119 Å². The van der Waals surface area contributed by atoms with E-state index in [0.717, 1.165) is 12.1 Å². The first-order chi connectivity index (χ1) is 15.4. The molecule has 1 unspecified atom stereocenters. The second kappa shape index (κ2) is 10.0. The summed E-state index contributed by atoms with van der Waals surface area (Å²) in [6, 6.07) is 33.8. The van der Waals surface area contributed by atoms with Gasteiger partial charge in [0.15, 0.2) is 9.76 Å². The highest BCUT2D eigenvalue weighted by Gasteiger charge is 2.50. The minimum absolute atomic E-state index is 0.324. The van der Waals surface area contributed by atoms with Crippen molar-refractivity contribution in [3.05, 3.63) is 91.0 Å². The molecule has 1 aliphatic rings. The Kier molecular flexibility index (Phi) is 7.35. The zero-order chi connectivity index (χ0) is 22.6. The standard InChI is InChI=1S/C29H38OPSi/c1-23(29(2,3)4)32-30-28(24-20-21-24)22-31(25-14-8-5-9-15-25,26-16-10-6-11-17-26)27-18-12-7-13-19-27/h5-19,23-24,28H,20-22,32H2,1-4H3/q+1/t23?,28-/m1/s1. The number of rotatable bonds is 9. The van der Waals surface area contributed by atoms with Gasteiger partial charge in [-0.15, -0.1) is 0 Å². The van der Waals surface area contributed by atoms with Crippen molar-refractivity contribution in [2.75, 3.05) is 6.16 Å². The number of hydrogen-bond acceptors (Lipinski definition) is 1. The van der Waals surface area contributed by atoms with E-state index in [1.54, 1.807) is 0 Å². The maximum atomic E-state index is 6.94. The quantitative estimate of drug-likeness (QED) is 0.293. The molecule has 0 spiro atoms. The molecule has 1 aliphatic carbocycles. The third kappa shape index (κ3) is 5.25. The van der Waals surface area contributed by atoms with Gasteiger partial charge in [0.2, 0.25) is 0 Å². The van der Waals surface area contributed by atoms with E-state index in [4.69, 9.17) is 4.43 Å². The summed E-state index contributed by atoms with van der Waals surface area (Å²) in [5, 5.41) is 4.41. The Labute approximate surface area is 197 Å². The molecule has 0 saturated heterocycles. The molecule has 2 atom stereocenters. The summed E-state index contributed by atoms with van der Waals surface area (Å²) in [5.74, 6) is 0.727. The van der Waals surface area contributed by atoms with E-state index in [1.165, 1.54) is 28.8 Å². The van der Waals surface area contributed by atoms with E-state index in [9.17, 15) is 0 Å². The Bertz CT molecular complexity index is 868. The zero-order valence-electron chi connectivity index (χ0n) is 20.1. The molecule has 1 nitrogen and oxygen atoms in total. The number of benzene rings is 3. The molecule has 0 aliphatic heterocycles. The third-order valence-corrected chi connectivity index (χ3v) is 14.0. The average molecular weight is 462 g/mol. The molecular weight excluding hydrogens is 423 g/mol. The van der Waals surface area contributed by atoms with E-state index in [-0.39, 0.29) is 0 Å². The van der Waals surface area contributed by atoms with Crippen LogP contribution < -0.4 is 15.9 Å². The maximum absolute atomic E-state index is 6.94. The molecule has 0 aromatic heterocycles. The first-order valence-electron chi connectivity index (χ1n) is 12.1. The monoisotopic (exact) mass is 461 g/mol. The van der Waals surface area contributed by atoms with E-state index in [1.807, 2.05) is 0 Å². The van der Waals surface area contributed by atoms with Crippen molar-refractivity contribution >= 4 is 32.9 Å². The normalized spacial score (nSPS) is 16.9. The van der Waals surface area contributed by atoms with Crippen LogP contribution in [0.4, 0.5) is 0 Å². The molecule has 3 aromatic rings. The van der Waals surface area contributed by atoms with E-state index < -0.39 is 17.0 Å². The Morgan fingerprint density at radius 3 is 1.53 bits per heavy atom. The molecule has 0 radical (unpaired) electrons. The fourth-order valence-electron chi connectivity index (χ4n) is 4.40. The molecule has 1 fully saturated rings. The molecule has 0 amide bonds. The van der Waals surface area contributed by atoms with Gasteiger partial charge in [0.25, 0.3) is 0 Å². The van der Waals surface area contributed by atoms with Gasteiger partial charge in [0, 0.05) is 0 Å². The third-order valence-electron chi connectivity index (χ3n) is 7.23. The van der Waals surface area contributed by atoms with Crippen LogP contribution in [0, 0.1) is 11.3 Å². The van der Waals surface area contributed by atoms with Gasteiger partial charge in [-0.1, -0.05) is 82.3 Å². The van der Waals surface area contributed by atoms with Gasteiger partial charge in [-0.3, -0.25) is 0 Å². The summed E-state index contributed by atoms with van der Waals surface area (Å²) in [5.41, 5.74) is 0.992. The van der Waals surface area contributed by atoms with Crippen LogP contribution >= 0.6 is 7.26 Å². The highest BCUT2D eigenvalue weighted by molar-refractivity contribution is 7.95. The molecular formula is C29H38OPSi+. The largest absolute Gasteiger partial charge is 0.417 e. The summed E-state index contributed by atoms with van der Waals surface area (Å²) >= 11 is 0. The first kappa shape index (κ1) is 23.4.